The number of amides is 2. The zero-order valence-corrected chi connectivity index (χ0v) is 17.5. The predicted molar refractivity (Wildman–Crippen MR) is 117 cm³/mol. The molecule has 2 aromatic rings. The Labute approximate surface area is 177 Å². The second-order valence-electron chi connectivity index (χ2n) is 7.52. The maximum Gasteiger partial charge on any atom is 0.256 e. The Morgan fingerprint density at radius 2 is 1.73 bits per heavy atom. The third-order valence-corrected chi connectivity index (χ3v) is 5.28. The summed E-state index contributed by atoms with van der Waals surface area (Å²) in [5.41, 5.74) is 4.06. The first-order valence-electron chi connectivity index (χ1n) is 10.3. The van der Waals surface area contributed by atoms with E-state index in [-0.39, 0.29) is 24.2 Å². The maximum absolute atomic E-state index is 13.4. The highest BCUT2D eigenvalue weighted by Crippen LogP contribution is 2.36. The minimum atomic E-state index is -0.344. The van der Waals surface area contributed by atoms with E-state index < -0.39 is 0 Å². The van der Waals surface area contributed by atoms with Gasteiger partial charge < -0.3 is 10.2 Å². The van der Waals surface area contributed by atoms with Gasteiger partial charge in [-0.05, 0) is 43.2 Å². The van der Waals surface area contributed by atoms with Gasteiger partial charge in [0, 0.05) is 35.5 Å². The van der Waals surface area contributed by atoms with Crippen LogP contribution in [0.3, 0.4) is 0 Å². The van der Waals surface area contributed by atoms with Gasteiger partial charge in [-0.1, -0.05) is 56.2 Å². The van der Waals surface area contributed by atoms with E-state index in [4.69, 9.17) is 0 Å². The molecule has 0 spiro atoms. The molecular formula is C25H27FN2O2. The summed E-state index contributed by atoms with van der Waals surface area (Å²) in [6, 6.07) is 13.3. The minimum absolute atomic E-state index is 0.0849. The van der Waals surface area contributed by atoms with Crippen molar-refractivity contribution in [1.82, 2.24) is 10.2 Å². The Balaban J connectivity index is 1.86. The van der Waals surface area contributed by atoms with Gasteiger partial charge in [0.25, 0.3) is 11.8 Å². The Kier molecular flexibility index (Phi) is 6.83. The van der Waals surface area contributed by atoms with Gasteiger partial charge in [-0.15, -0.1) is 0 Å². The number of rotatable bonds is 8. The molecule has 1 aliphatic heterocycles. The molecule has 0 saturated carbocycles. The first-order valence-corrected chi connectivity index (χ1v) is 10.3. The second kappa shape index (κ2) is 9.53. The first-order chi connectivity index (χ1) is 14.4. The van der Waals surface area contributed by atoms with Gasteiger partial charge in [-0.2, -0.15) is 0 Å². The highest BCUT2D eigenvalue weighted by Gasteiger charge is 2.34. The molecule has 0 atom stereocenters. The number of nitrogens with one attached hydrogen (secondary N) is 1. The summed E-state index contributed by atoms with van der Waals surface area (Å²) in [5, 5.41) is 2.85. The number of nitrogens with zero attached hydrogens (tertiary/aromatic N) is 1. The Hall–Kier alpha value is -3.21. The van der Waals surface area contributed by atoms with Crippen LogP contribution < -0.4 is 5.32 Å². The van der Waals surface area contributed by atoms with E-state index in [0.717, 1.165) is 24.8 Å². The summed E-state index contributed by atoms with van der Waals surface area (Å²) >= 11 is 0. The van der Waals surface area contributed by atoms with Gasteiger partial charge in [0.1, 0.15) is 5.82 Å². The lowest BCUT2D eigenvalue weighted by atomic mass is 10.00. The lowest BCUT2D eigenvalue weighted by Gasteiger charge is -2.19. The number of unbranched alkanes of at least 4 members (excludes halogenated alkanes) is 2. The highest BCUT2D eigenvalue weighted by atomic mass is 19.1. The van der Waals surface area contributed by atoms with Gasteiger partial charge in [-0.3, -0.25) is 9.59 Å². The maximum atomic E-state index is 13.4. The average Bonchev–Trinajstić information content (AvgIpc) is 2.97. The lowest BCUT2D eigenvalue weighted by Crippen LogP contribution is -2.32. The zero-order valence-electron chi connectivity index (χ0n) is 17.5. The molecule has 1 N–H and O–H groups in total. The Bertz CT molecular complexity index is 975. The van der Waals surface area contributed by atoms with Crippen LogP contribution in [0, 0.1) is 12.7 Å². The predicted octanol–water partition coefficient (Wildman–Crippen LogP) is 4.86. The van der Waals surface area contributed by atoms with E-state index in [1.807, 2.05) is 19.1 Å². The molecule has 2 amide bonds. The van der Waals surface area contributed by atoms with Crippen LogP contribution in [0.25, 0.3) is 5.57 Å². The molecule has 156 valence electrons. The van der Waals surface area contributed by atoms with Crippen LogP contribution in [-0.4, -0.2) is 29.8 Å². The fraction of sp³-hybridized carbons (Fsp3) is 0.280. The summed E-state index contributed by atoms with van der Waals surface area (Å²) in [6.07, 6.45) is 2.94. The van der Waals surface area contributed by atoms with Crippen LogP contribution in [0.4, 0.5) is 4.39 Å². The van der Waals surface area contributed by atoms with Crippen molar-refractivity contribution in [3.8, 4) is 0 Å². The number of hydrogen-bond donors (Lipinski definition) is 1. The molecule has 0 fully saturated rings. The van der Waals surface area contributed by atoms with Gasteiger partial charge >= 0.3 is 0 Å². The van der Waals surface area contributed by atoms with Crippen LogP contribution in [-0.2, 0) is 4.79 Å². The second-order valence-corrected chi connectivity index (χ2v) is 7.52. The standard InChI is InChI=1S/C25H27FN2O2/c1-4-5-6-15-28-18(3)23(19-11-13-21(26)14-12-19)22(25(28)30)16-27-24(29)20-9-7-17(2)8-10-20/h7-14H,3-6,15-16H2,1-2H3,(H,27,29). The smallest absolute Gasteiger partial charge is 0.256 e. The van der Waals surface area contributed by atoms with Crippen LogP contribution in [0.15, 0.2) is 66.4 Å². The summed E-state index contributed by atoms with van der Waals surface area (Å²) in [4.78, 5) is 27.4. The molecule has 30 heavy (non-hydrogen) atoms. The minimum Gasteiger partial charge on any atom is -0.348 e. The molecule has 3 rings (SSSR count). The van der Waals surface area contributed by atoms with Crippen LogP contribution in [0.1, 0.15) is 47.7 Å². The zero-order chi connectivity index (χ0) is 21.7. The molecule has 1 heterocycles. The molecule has 4 nitrogen and oxygen atoms in total. The Morgan fingerprint density at radius 3 is 2.37 bits per heavy atom. The quantitative estimate of drug-likeness (QED) is 0.636. The normalized spacial score (nSPS) is 13.9. The first kappa shape index (κ1) is 21.5. The molecule has 5 heteroatoms. The molecule has 0 unspecified atom stereocenters. The van der Waals surface area contributed by atoms with E-state index >= 15 is 0 Å². The number of benzene rings is 2. The van der Waals surface area contributed by atoms with Gasteiger partial charge in [-0.25, -0.2) is 4.39 Å². The molecule has 0 saturated heterocycles. The van der Waals surface area contributed by atoms with E-state index in [9.17, 15) is 14.0 Å². The summed E-state index contributed by atoms with van der Waals surface area (Å²) < 4.78 is 13.4. The van der Waals surface area contributed by atoms with Crippen molar-refractivity contribution in [2.75, 3.05) is 13.1 Å². The number of allylic oxidation sites excluding steroid dienone is 1. The summed E-state index contributed by atoms with van der Waals surface area (Å²) in [5.74, 6) is -0.744. The topological polar surface area (TPSA) is 49.4 Å². The largest absolute Gasteiger partial charge is 0.348 e. The fourth-order valence-corrected chi connectivity index (χ4v) is 3.56. The van der Waals surface area contributed by atoms with Crippen molar-refractivity contribution < 1.29 is 14.0 Å². The lowest BCUT2D eigenvalue weighted by molar-refractivity contribution is -0.124. The van der Waals surface area contributed by atoms with Crippen molar-refractivity contribution in [1.29, 1.82) is 0 Å². The molecule has 0 radical (unpaired) electrons. The van der Waals surface area contributed by atoms with Crippen molar-refractivity contribution in [2.45, 2.75) is 33.1 Å². The summed E-state index contributed by atoms with van der Waals surface area (Å²) in [7, 11) is 0. The van der Waals surface area contributed by atoms with Crippen LogP contribution >= 0.6 is 0 Å². The van der Waals surface area contributed by atoms with E-state index in [0.29, 0.717) is 34.5 Å². The third kappa shape index (κ3) is 4.67. The Morgan fingerprint density at radius 1 is 1.07 bits per heavy atom. The van der Waals surface area contributed by atoms with Crippen LogP contribution in [0.2, 0.25) is 0 Å². The fourth-order valence-electron chi connectivity index (χ4n) is 3.56. The van der Waals surface area contributed by atoms with E-state index in [1.54, 1.807) is 29.2 Å². The van der Waals surface area contributed by atoms with Crippen molar-refractivity contribution in [3.05, 3.63) is 88.9 Å². The van der Waals surface area contributed by atoms with Gasteiger partial charge in [0.05, 0.1) is 0 Å². The molecule has 0 bridgehead atoms. The van der Waals surface area contributed by atoms with Gasteiger partial charge in [0.15, 0.2) is 0 Å². The van der Waals surface area contributed by atoms with Crippen molar-refractivity contribution in [3.63, 3.8) is 0 Å². The highest BCUT2D eigenvalue weighted by molar-refractivity contribution is 6.12. The number of halogens is 1. The number of aryl methyl sites for hydroxylation is 1. The molecule has 2 aromatic carbocycles. The molecule has 0 aliphatic carbocycles. The van der Waals surface area contributed by atoms with Crippen molar-refractivity contribution >= 4 is 17.4 Å². The van der Waals surface area contributed by atoms with Gasteiger partial charge in [0.2, 0.25) is 0 Å². The molecule has 0 aromatic heterocycles. The number of carbonyl (C=O) groups is 2. The van der Waals surface area contributed by atoms with Crippen LogP contribution in [0.5, 0.6) is 0 Å². The number of hydrogen-bond acceptors (Lipinski definition) is 2. The monoisotopic (exact) mass is 406 g/mol. The molecular weight excluding hydrogens is 379 g/mol. The molecule has 1 aliphatic rings. The third-order valence-electron chi connectivity index (χ3n) is 5.28. The SMILES string of the molecule is C=C1C(c2ccc(F)cc2)=C(CNC(=O)c2ccc(C)cc2)C(=O)N1CCCCC. The van der Waals surface area contributed by atoms with E-state index in [1.165, 1.54) is 12.1 Å². The average molecular weight is 407 g/mol. The number of carbonyl (C=O) groups excluding carboxylic acids is 2. The van der Waals surface area contributed by atoms with E-state index in [2.05, 4.69) is 18.8 Å². The van der Waals surface area contributed by atoms with Crippen molar-refractivity contribution in [2.24, 2.45) is 0 Å². The summed E-state index contributed by atoms with van der Waals surface area (Å²) in [6.45, 7) is 8.85.